The molecule has 0 aromatic heterocycles. The fourth-order valence-electron chi connectivity index (χ4n) is 0.117. The Balaban J connectivity index is -0.0000000483. The number of esters is 1. The molecule has 0 rings (SSSR count). The van der Waals surface area contributed by atoms with Gasteiger partial charge in [-0.05, 0) is 6.16 Å². The van der Waals surface area contributed by atoms with Gasteiger partial charge in [0, 0.05) is 6.92 Å². The number of carbonyl (C=O) groups is 2. The maximum Gasteiger partial charge on any atom is 1.00 e. The van der Waals surface area contributed by atoms with Crippen LogP contribution in [0.5, 0.6) is 0 Å². The molecule has 0 aromatic carbocycles. The molecule has 0 amide bonds. The van der Waals surface area contributed by atoms with Crippen LogP contribution in [0.4, 0.5) is 4.79 Å². The first-order valence-corrected chi connectivity index (χ1v) is 2.16. The van der Waals surface area contributed by atoms with Gasteiger partial charge < -0.3 is 19.7 Å². The summed E-state index contributed by atoms with van der Waals surface area (Å²) < 4.78 is 4.17. The zero-order chi connectivity index (χ0) is 8.57. The van der Waals surface area contributed by atoms with Crippen LogP contribution in [-0.2, 0) is 9.53 Å². The van der Waals surface area contributed by atoms with E-state index in [-0.39, 0.29) is 43.7 Å². The van der Waals surface area contributed by atoms with Crippen LogP contribution in [0.3, 0.4) is 0 Å². The van der Waals surface area contributed by atoms with Crippen molar-refractivity contribution in [3.8, 4) is 0 Å². The quantitative estimate of drug-likeness (QED) is 0.216. The molecule has 0 aliphatic heterocycles. The molecule has 0 saturated carbocycles. The Morgan fingerprint density at radius 2 is 1.58 bits per heavy atom. The molecule has 0 aromatic rings. The first-order valence-electron chi connectivity index (χ1n) is 2.16. The van der Waals surface area contributed by atoms with Gasteiger partial charge in [-0.25, -0.2) is 0 Å². The minimum absolute atomic E-state index is 0. The molecule has 0 spiro atoms. The average Bonchev–Trinajstić information content (AvgIpc) is 1.62. The summed E-state index contributed by atoms with van der Waals surface area (Å²) in [5.74, 6) is -0.329. The molecule has 0 heterocycles. The van der Waals surface area contributed by atoms with Crippen molar-refractivity contribution in [3.63, 3.8) is 0 Å². The summed E-state index contributed by atoms with van der Waals surface area (Å²) in [5, 5.41) is 16.7. The van der Waals surface area contributed by atoms with E-state index in [1.54, 1.807) is 0 Å². The number of hydrogen-bond donors (Lipinski definition) is 0. The van der Waals surface area contributed by atoms with Crippen molar-refractivity contribution in [2.24, 2.45) is 0 Å². The molecule has 5 nitrogen and oxygen atoms in total. The van der Waals surface area contributed by atoms with E-state index in [4.69, 9.17) is 15.0 Å². The van der Waals surface area contributed by atoms with E-state index in [9.17, 15) is 4.79 Å². The van der Waals surface area contributed by atoms with Crippen molar-refractivity contribution in [1.29, 1.82) is 0 Å². The van der Waals surface area contributed by atoms with Crippen molar-refractivity contribution in [2.45, 2.75) is 6.92 Å². The Bertz CT molecular complexity index is 132. The SMILES string of the molecule is C=COC(C)=O.O=C([O-])[O-].[Li+].[Li+]. The summed E-state index contributed by atoms with van der Waals surface area (Å²) in [5.41, 5.74) is 0. The second kappa shape index (κ2) is 17.0. The van der Waals surface area contributed by atoms with Crippen LogP contribution in [0.2, 0.25) is 0 Å². The second-order valence-electron chi connectivity index (χ2n) is 1.03. The van der Waals surface area contributed by atoms with E-state index in [1.165, 1.54) is 6.92 Å². The van der Waals surface area contributed by atoms with Crippen molar-refractivity contribution in [2.75, 3.05) is 0 Å². The van der Waals surface area contributed by atoms with E-state index < -0.39 is 6.16 Å². The van der Waals surface area contributed by atoms with E-state index >= 15 is 0 Å². The molecule has 12 heavy (non-hydrogen) atoms. The van der Waals surface area contributed by atoms with Gasteiger partial charge in [0.15, 0.2) is 0 Å². The van der Waals surface area contributed by atoms with Crippen LogP contribution >= 0.6 is 0 Å². The molecule has 0 fully saturated rings. The normalized spacial score (nSPS) is 5.42. The molecule has 0 saturated heterocycles. The predicted octanol–water partition coefficient (Wildman–Crippen LogP) is -7.75. The number of carboxylic acid groups (broad SMARTS) is 2. The molecule has 0 atom stereocenters. The van der Waals surface area contributed by atoms with Crippen LogP contribution in [0.1, 0.15) is 6.92 Å². The van der Waals surface area contributed by atoms with Gasteiger partial charge in [-0.3, -0.25) is 4.79 Å². The van der Waals surface area contributed by atoms with Gasteiger partial charge in [0.05, 0.1) is 6.26 Å². The summed E-state index contributed by atoms with van der Waals surface area (Å²) in [7, 11) is 0. The summed E-state index contributed by atoms with van der Waals surface area (Å²) >= 11 is 0. The Kier molecular flexibility index (Phi) is 31.9. The Morgan fingerprint density at radius 3 is 1.58 bits per heavy atom. The summed E-state index contributed by atoms with van der Waals surface area (Å²) in [6.45, 7) is 4.48. The number of carbonyl (C=O) groups excluding carboxylic acids is 2. The van der Waals surface area contributed by atoms with Crippen molar-refractivity contribution in [3.05, 3.63) is 12.8 Å². The fraction of sp³-hybridized carbons (Fsp3) is 0.200. The Morgan fingerprint density at radius 1 is 1.33 bits per heavy atom. The summed E-state index contributed by atoms with van der Waals surface area (Å²) in [6, 6.07) is 0. The van der Waals surface area contributed by atoms with E-state index in [0.29, 0.717) is 0 Å². The standard InChI is InChI=1S/C4H6O2.CH2O3.2Li/c1-3-6-4(2)5;2-1(3)4;;/h3H,1H2,2H3;(H2,2,3,4);;/q;;2*+1/p-2. The van der Waals surface area contributed by atoms with Gasteiger partial charge in [-0.2, -0.15) is 0 Å². The second-order valence-corrected chi connectivity index (χ2v) is 1.03. The van der Waals surface area contributed by atoms with Crippen molar-refractivity contribution < 1.29 is 62.3 Å². The van der Waals surface area contributed by atoms with Gasteiger partial charge in [0.2, 0.25) is 0 Å². The first-order chi connectivity index (χ1) is 4.50. The van der Waals surface area contributed by atoms with Crippen LogP contribution in [0.15, 0.2) is 12.8 Å². The van der Waals surface area contributed by atoms with Crippen molar-refractivity contribution >= 4 is 12.1 Å². The monoisotopic (exact) mass is 160 g/mol. The molecule has 7 heteroatoms. The molecule has 58 valence electrons. The Labute approximate surface area is 94.1 Å². The zero-order valence-electron chi connectivity index (χ0n) is 7.33. The predicted molar refractivity (Wildman–Crippen MR) is 27.4 cm³/mol. The molecule has 0 aliphatic carbocycles. The van der Waals surface area contributed by atoms with E-state index in [1.807, 2.05) is 0 Å². The fourth-order valence-corrected chi connectivity index (χ4v) is 0.117. The van der Waals surface area contributed by atoms with Crippen LogP contribution in [-0.4, -0.2) is 12.1 Å². The summed E-state index contributed by atoms with van der Waals surface area (Å²) in [6.07, 6.45) is -1.23. The van der Waals surface area contributed by atoms with Crippen LogP contribution < -0.4 is 47.9 Å². The smallest absolute Gasteiger partial charge is 0.652 e. The molecule has 0 radical (unpaired) electrons. The molecule has 0 N–H and O–H groups in total. The first kappa shape index (κ1) is 22.6. The maximum absolute atomic E-state index is 9.75. The largest absolute Gasteiger partial charge is 1.00 e. The third kappa shape index (κ3) is 102. The number of ether oxygens (including phenoxy) is 1. The molecular weight excluding hydrogens is 154 g/mol. The third-order valence-corrected chi connectivity index (χ3v) is 0.249. The number of rotatable bonds is 1. The third-order valence-electron chi connectivity index (χ3n) is 0.249. The Hall–Kier alpha value is -0.325. The molecular formula is C5H6Li2O5. The topological polar surface area (TPSA) is 89.5 Å². The van der Waals surface area contributed by atoms with E-state index in [0.717, 1.165) is 6.26 Å². The molecule has 0 unspecified atom stereocenters. The molecule has 0 bridgehead atoms. The maximum atomic E-state index is 9.75. The minimum atomic E-state index is -2.33. The van der Waals surface area contributed by atoms with Crippen LogP contribution in [0.25, 0.3) is 0 Å². The van der Waals surface area contributed by atoms with E-state index in [2.05, 4.69) is 11.3 Å². The van der Waals surface area contributed by atoms with Gasteiger partial charge >= 0.3 is 43.7 Å². The van der Waals surface area contributed by atoms with Gasteiger partial charge in [0.1, 0.15) is 0 Å². The van der Waals surface area contributed by atoms with Gasteiger partial charge in [-0.1, -0.05) is 6.58 Å². The zero-order valence-corrected chi connectivity index (χ0v) is 7.33. The van der Waals surface area contributed by atoms with Gasteiger partial charge in [-0.15, -0.1) is 0 Å². The number of hydrogen-bond acceptors (Lipinski definition) is 5. The minimum Gasteiger partial charge on any atom is -0.652 e. The van der Waals surface area contributed by atoms with Crippen LogP contribution in [0, 0.1) is 0 Å². The summed E-state index contributed by atoms with van der Waals surface area (Å²) in [4.78, 5) is 18.1. The van der Waals surface area contributed by atoms with Crippen molar-refractivity contribution in [1.82, 2.24) is 0 Å². The van der Waals surface area contributed by atoms with Gasteiger partial charge in [0.25, 0.3) is 0 Å². The average molecular weight is 160 g/mol. The molecule has 0 aliphatic rings.